The summed E-state index contributed by atoms with van der Waals surface area (Å²) < 4.78 is 0. The molecule has 24 heavy (non-hydrogen) atoms. The van der Waals surface area contributed by atoms with E-state index in [4.69, 9.17) is 11.6 Å². The average Bonchev–Trinajstić information content (AvgIpc) is 2.94. The maximum atomic E-state index is 9.11. The van der Waals surface area contributed by atoms with Gasteiger partial charge in [-0.2, -0.15) is 0 Å². The second kappa shape index (κ2) is 5.65. The second-order valence-electron chi connectivity index (χ2n) is 8.99. The highest BCUT2D eigenvalue weighted by Crippen LogP contribution is 2.68. The van der Waals surface area contributed by atoms with Crippen molar-refractivity contribution in [3.8, 4) is 12.3 Å². The molecule has 130 valence electrons. The molecular weight excluding hydrogens is 294 g/mol. The Hall–Kier alpha value is -1.23. The molecule has 0 heterocycles. The van der Waals surface area contributed by atoms with Crippen LogP contribution in [0.5, 0.6) is 0 Å². The molecule has 0 unspecified atom stereocenters. The summed E-state index contributed by atoms with van der Waals surface area (Å²) >= 11 is 0. The van der Waals surface area contributed by atoms with Crippen molar-refractivity contribution in [2.45, 2.75) is 71.6 Å². The Morgan fingerprint density at radius 1 is 1.21 bits per heavy atom. The summed E-state index contributed by atoms with van der Waals surface area (Å²) in [6, 6.07) is 0. The summed E-state index contributed by atoms with van der Waals surface area (Å²) in [6.45, 7) is 4.75. The van der Waals surface area contributed by atoms with E-state index in [1.165, 1.54) is 51.4 Å². The van der Waals surface area contributed by atoms with Gasteiger partial charge in [-0.15, -0.1) is 6.42 Å². The maximum absolute atomic E-state index is 9.11. The van der Waals surface area contributed by atoms with E-state index in [2.05, 4.69) is 31.0 Å². The Bertz CT molecular complexity index is 626. The predicted octanol–water partition coefficient (Wildman–Crippen LogP) is 5.42. The first-order chi connectivity index (χ1) is 11.6. The van der Waals surface area contributed by atoms with Gasteiger partial charge < -0.3 is 5.21 Å². The van der Waals surface area contributed by atoms with Crippen LogP contribution in [0.25, 0.3) is 0 Å². The topological polar surface area (TPSA) is 32.6 Å². The molecule has 0 bridgehead atoms. The molecule has 4 rings (SSSR count). The smallest absolute Gasteiger partial charge is 0.0795 e. The van der Waals surface area contributed by atoms with Gasteiger partial charge in [-0.25, -0.2) is 0 Å². The Balaban J connectivity index is 1.65. The van der Waals surface area contributed by atoms with Gasteiger partial charge in [-0.3, -0.25) is 0 Å². The normalized spacial score (nSPS) is 48.9. The van der Waals surface area contributed by atoms with Gasteiger partial charge >= 0.3 is 0 Å². The molecule has 3 fully saturated rings. The van der Waals surface area contributed by atoms with E-state index in [9.17, 15) is 0 Å². The van der Waals surface area contributed by atoms with E-state index in [0.29, 0.717) is 5.41 Å². The van der Waals surface area contributed by atoms with Gasteiger partial charge in [0.1, 0.15) is 0 Å². The highest BCUT2D eigenvalue weighted by Gasteiger charge is 2.61. The third-order valence-corrected chi connectivity index (χ3v) is 8.66. The molecule has 0 radical (unpaired) electrons. The van der Waals surface area contributed by atoms with Crippen molar-refractivity contribution in [1.29, 1.82) is 0 Å². The highest BCUT2D eigenvalue weighted by atomic mass is 16.4. The van der Waals surface area contributed by atoms with E-state index in [1.54, 1.807) is 5.57 Å². The lowest BCUT2D eigenvalue weighted by atomic mass is 9.48. The predicted molar refractivity (Wildman–Crippen MR) is 97.9 cm³/mol. The minimum absolute atomic E-state index is 0.108. The molecule has 0 saturated heterocycles. The molecule has 0 amide bonds. The van der Waals surface area contributed by atoms with Crippen molar-refractivity contribution in [3.63, 3.8) is 0 Å². The van der Waals surface area contributed by atoms with Gasteiger partial charge in [0, 0.05) is 5.41 Å². The fraction of sp³-hybridized carbons (Fsp3) is 0.773. The molecule has 4 aliphatic rings. The average molecular weight is 325 g/mol. The molecule has 3 saturated carbocycles. The van der Waals surface area contributed by atoms with E-state index in [-0.39, 0.29) is 5.41 Å². The lowest BCUT2D eigenvalue weighted by molar-refractivity contribution is -0.0490. The van der Waals surface area contributed by atoms with Crippen LogP contribution in [-0.2, 0) is 0 Å². The Morgan fingerprint density at radius 3 is 2.75 bits per heavy atom. The standard InChI is InChI=1S/C22H31NO/c1-4-21(3)12-11-20-19-8-6-15-14-16(23-24)7-9-17(15)18(19)10-13-22(20,21)5-2/h1,14,17-20,24H,5-13H2,2-3H3/t17-,18+,19+,20-,21+,22-/m0/s1. The molecule has 0 aromatic rings. The number of terminal acetylenes is 1. The lowest BCUT2D eigenvalue weighted by Crippen LogP contribution is -2.49. The van der Waals surface area contributed by atoms with Gasteiger partial charge in [0.15, 0.2) is 0 Å². The fourth-order valence-corrected chi connectivity index (χ4v) is 7.40. The molecule has 0 aliphatic heterocycles. The van der Waals surface area contributed by atoms with Gasteiger partial charge in [-0.1, -0.05) is 23.6 Å². The zero-order valence-electron chi connectivity index (χ0n) is 15.2. The van der Waals surface area contributed by atoms with Gasteiger partial charge in [0.2, 0.25) is 0 Å². The lowest BCUT2D eigenvalue weighted by Gasteiger charge is -2.56. The molecule has 4 aliphatic carbocycles. The summed E-state index contributed by atoms with van der Waals surface area (Å²) in [5.41, 5.74) is 2.95. The monoisotopic (exact) mass is 325 g/mol. The zero-order chi connectivity index (χ0) is 16.9. The first-order valence-electron chi connectivity index (χ1n) is 9.97. The van der Waals surface area contributed by atoms with Gasteiger partial charge in [0.05, 0.1) is 5.71 Å². The molecular formula is C22H31NO. The van der Waals surface area contributed by atoms with Crippen LogP contribution >= 0.6 is 0 Å². The summed E-state index contributed by atoms with van der Waals surface area (Å²) in [5, 5.41) is 12.6. The van der Waals surface area contributed by atoms with Crippen LogP contribution in [0.3, 0.4) is 0 Å². The largest absolute Gasteiger partial charge is 0.411 e. The van der Waals surface area contributed by atoms with Crippen molar-refractivity contribution < 1.29 is 5.21 Å². The van der Waals surface area contributed by atoms with E-state index in [1.807, 2.05) is 0 Å². The molecule has 1 N–H and O–H groups in total. The van der Waals surface area contributed by atoms with Crippen molar-refractivity contribution in [2.24, 2.45) is 39.7 Å². The highest BCUT2D eigenvalue weighted by molar-refractivity contribution is 5.96. The summed E-state index contributed by atoms with van der Waals surface area (Å²) in [7, 11) is 0. The SMILES string of the molecule is C#C[C@]1(C)CC[C@H]2[C@@H]3CCC4=CC(=NO)CC[C@@H]4[C@H]3CC[C@@]21CC. The Kier molecular flexibility index (Phi) is 3.83. The summed E-state index contributed by atoms with van der Waals surface area (Å²) in [5.74, 6) is 6.52. The number of hydrogen-bond donors (Lipinski definition) is 1. The minimum Gasteiger partial charge on any atom is -0.411 e. The van der Waals surface area contributed by atoms with Crippen LogP contribution in [0.4, 0.5) is 0 Å². The van der Waals surface area contributed by atoms with Gasteiger partial charge in [0.25, 0.3) is 0 Å². The fourth-order valence-electron chi connectivity index (χ4n) is 7.40. The van der Waals surface area contributed by atoms with Gasteiger partial charge in [-0.05, 0) is 99.9 Å². The first-order valence-corrected chi connectivity index (χ1v) is 9.97. The third-order valence-electron chi connectivity index (χ3n) is 8.66. The summed E-state index contributed by atoms with van der Waals surface area (Å²) in [6.07, 6.45) is 19.4. The molecule has 2 heteroatoms. The van der Waals surface area contributed by atoms with Crippen molar-refractivity contribution >= 4 is 5.71 Å². The Morgan fingerprint density at radius 2 is 2.04 bits per heavy atom. The van der Waals surface area contributed by atoms with Crippen LogP contribution in [0.2, 0.25) is 0 Å². The van der Waals surface area contributed by atoms with E-state index < -0.39 is 0 Å². The van der Waals surface area contributed by atoms with Crippen LogP contribution in [0.15, 0.2) is 16.8 Å². The van der Waals surface area contributed by atoms with Crippen LogP contribution in [-0.4, -0.2) is 10.9 Å². The van der Waals surface area contributed by atoms with E-state index in [0.717, 1.165) is 35.8 Å². The number of hydrogen-bond acceptors (Lipinski definition) is 2. The number of oxime groups is 1. The molecule has 0 aromatic carbocycles. The van der Waals surface area contributed by atoms with Crippen LogP contribution in [0.1, 0.15) is 71.6 Å². The maximum Gasteiger partial charge on any atom is 0.0795 e. The van der Waals surface area contributed by atoms with Crippen LogP contribution < -0.4 is 0 Å². The molecule has 0 aromatic heterocycles. The third kappa shape index (κ3) is 2.00. The second-order valence-corrected chi connectivity index (χ2v) is 8.99. The quantitative estimate of drug-likeness (QED) is 0.390. The Labute approximate surface area is 146 Å². The van der Waals surface area contributed by atoms with Crippen molar-refractivity contribution in [3.05, 3.63) is 11.6 Å². The molecule has 2 nitrogen and oxygen atoms in total. The summed E-state index contributed by atoms with van der Waals surface area (Å²) in [4.78, 5) is 0. The first kappa shape index (κ1) is 16.2. The number of nitrogens with zero attached hydrogens (tertiary/aromatic N) is 1. The van der Waals surface area contributed by atoms with Crippen LogP contribution in [0, 0.1) is 46.8 Å². The number of rotatable bonds is 1. The van der Waals surface area contributed by atoms with Crippen molar-refractivity contribution in [2.75, 3.05) is 0 Å². The zero-order valence-corrected chi connectivity index (χ0v) is 15.2. The van der Waals surface area contributed by atoms with Crippen molar-refractivity contribution in [1.82, 2.24) is 0 Å². The molecule has 6 atom stereocenters. The number of fused-ring (bicyclic) bond motifs is 5. The van der Waals surface area contributed by atoms with E-state index >= 15 is 0 Å². The minimum atomic E-state index is 0.108. The molecule has 0 spiro atoms. The number of allylic oxidation sites excluding steroid dienone is 2.